The number of aryl methyl sites for hydroxylation is 1. The Balaban J connectivity index is 1.48. The average molecular weight is 515 g/mol. The van der Waals surface area contributed by atoms with Crippen molar-refractivity contribution in [3.63, 3.8) is 0 Å². The van der Waals surface area contributed by atoms with Gasteiger partial charge in [-0.25, -0.2) is 8.42 Å². The van der Waals surface area contributed by atoms with Crippen molar-refractivity contribution in [3.05, 3.63) is 47.0 Å². The largest absolute Gasteiger partial charge is 0.489 e. The number of sulfonamides is 1. The lowest BCUT2D eigenvalue weighted by Gasteiger charge is -2.57. The molecule has 0 radical (unpaired) electrons. The van der Waals surface area contributed by atoms with E-state index < -0.39 is 33.9 Å². The highest BCUT2D eigenvalue weighted by molar-refractivity contribution is 7.92. The molecular formula is C26H29N3O6S. The van der Waals surface area contributed by atoms with E-state index in [1.807, 2.05) is 0 Å². The lowest BCUT2D eigenvalue weighted by atomic mass is 9.48. The maximum Gasteiger partial charge on any atom is 0.309 e. The number of H-pyrrole nitrogens is 1. The quantitative estimate of drug-likeness (QED) is 0.461. The number of benzene rings is 1. The minimum atomic E-state index is -3.61. The fourth-order valence-electron chi connectivity index (χ4n) is 7.06. The number of carbonyl (C=O) groups is 1. The smallest absolute Gasteiger partial charge is 0.309 e. The number of aromatic amines is 1. The summed E-state index contributed by atoms with van der Waals surface area (Å²) in [4.78, 5) is 27.9. The predicted octanol–water partition coefficient (Wildman–Crippen LogP) is 3.56. The summed E-state index contributed by atoms with van der Waals surface area (Å²) < 4.78 is 57.5. The number of aliphatic carboxylic acids is 1. The lowest BCUT2D eigenvalue weighted by molar-refractivity contribution is -0.175. The van der Waals surface area contributed by atoms with E-state index in [4.69, 9.17) is 8.85 Å². The van der Waals surface area contributed by atoms with Gasteiger partial charge in [0.25, 0.3) is 5.56 Å². The van der Waals surface area contributed by atoms with E-state index in [-0.39, 0.29) is 29.1 Å². The van der Waals surface area contributed by atoms with Crippen molar-refractivity contribution in [3.8, 4) is 16.9 Å². The van der Waals surface area contributed by atoms with Gasteiger partial charge in [0.05, 0.1) is 11.7 Å². The van der Waals surface area contributed by atoms with Gasteiger partial charge in [-0.3, -0.25) is 14.3 Å². The summed E-state index contributed by atoms with van der Waals surface area (Å²) in [7, 11) is -3.61. The van der Waals surface area contributed by atoms with Crippen molar-refractivity contribution in [2.45, 2.75) is 38.2 Å². The van der Waals surface area contributed by atoms with Gasteiger partial charge in [0.1, 0.15) is 17.4 Å². The number of carboxylic acids is 1. The van der Waals surface area contributed by atoms with E-state index >= 15 is 0 Å². The molecule has 4 bridgehead atoms. The minimum absolute atomic E-state index is 0.0672. The summed E-state index contributed by atoms with van der Waals surface area (Å²) in [5.74, 6) is 0.171. The fourth-order valence-corrected chi connectivity index (χ4v) is 7.62. The van der Waals surface area contributed by atoms with E-state index in [9.17, 15) is 23.1 Å². The lowest BCUT2D eigenvalue weighted by Crippen LogP contribution is -2.57. The monoisotopic (exact) mass is 514 g/mol. The molecule has 0 aliphatic heterocycles. The third kappa shape index (κ3) is 3.70. The summed E-state index contributed by atoms with van der Waals surface area (Å²) >= 11 is 0. The first-order chi connectivity index (χ1) is 18.2. The number of carboxylic acid groups (broad SMARTS) is 1. The first-order valence-electron chi connectivity index (χ1n) is 13.5. The van der Waals surface area contributed by atoms with E-state index in [1.165, 1.54) is 6.20 Å². The van der Waals surface area contributed by atoms with Gasteiger partial charge in [-0.15, -0.1) is 0 Å². The summed E-state index contributed by atoms with van der Waals surface area (Å²) in [6.45, 7) is -2.75. The molecule has 4 aliphatic carbocycles. The van der Waals surface area contributed by atoms with E-state index in [0.717, 1.165) is 19.1 Å². The standard InChI is InChI=1S/C26H29N3O6S/c1-29-13-20(18-5-6-27-22(18)24(29)30)19-9-17(28-36(2,33)34)3-4-21(19)35-23-15-7-14-8-16(23)12-26(10-14,11-15)25(31)32/h3-6,9,13-16,23,27-28H,7-8,10-12H2,1-2H3,(H,31,32)/i1D3. The molecule has 2 aromatic heterocycles. The van der Waals surface area contributed by atoms with E-state index in [0.29, 0.717) is 52.0 Å². The molecule has 9 nitrogen and oxygen atoms in total. The van der Waals surface area contributed by atoms with Gasteiger partial charge in [0.2, 0.25) is 10.0 Å². The maximum absolute atomic E-state index is 12.9. The van der Waals surface area contributed by atoms with Gasteiger partial charge in [0.15, 0.2) is 0 Å². The molecule has 190 valence electrons. The number of rotatable bonds is 6. The Morgan fingerprint density at radius 2 is 1.97 bits per heavy atom. The zero-order chi connectivity index (χ0) is 27.9. The Bertz CT molecular complexity index is 1650. The van der Waals surface area contributed by atoms with Crippen LogP contribution in [0.1, 0.15) is 36.2 Å². The van der Waals surface area contributed by atoms with Crippen LogP contribution in [0.3, 0.4) is 0 Å². The number of pyridine rings is 1. The van der Waals surface area contributed by atoms with Gasteiger partial charge in [-0.1, -0.05) is 0 Å². The topological polar surface area (TPSA) is 130 Å². The minimum Gasteiger partial charge on any atom is -0.489 e. The van der Waals surface area contributed by atoms with Crippen LogP contribution in [0.2, 0.25) is 0 Å². The molecule has 4 aliphatic rings. The third-order valence-corrected chi connectivity index (χ3v) is 8.81. The van der Waals surface area contributed by atoms with Gasteiger partial charge in [0, 0.05) is 45.7 Å². The van der Waals surface area contributed by atoms with Gasteiger partial charge < -0.3 is 19.4 Å². The number of hydrogen-bond donors (Lipinski definition) is 3. The second kappa shape index (κ2) is 7.86. The molecule has 1 aromatic carbocycles. The van der Waals surface area contributed by atoms with E-state index in [1.54, 1.807) is 30.5 Å². The molecule has 3 aromatic rings. The summed E-state index contributed by atoms with van der Waals surface area (Å²) in [5.41, 5.74) is -0.228. The molecule has 10 heteroatoms. The summed E-state index contributed by atoms with van der Waals surface area (Å²) in [5, 5.41) is 10.5. The number of fused-ring (bicyclic) bond motifs is 1. The van der Waals surface area contributed by atoms with Gasteiger partial charge in [-0.05, 0) is 74.1 Å². The van der Waals surface area contributed by atoms with E-state index in [2.05, 4.69) is 9.71 Å². The third-order valence-electron chi connectivity index (χ3n) is 8.20. The van der Waals surface area contributed by atoms with Gasteiger partial charge >= 0.3 is 5.97 Å². The van der Waals surface area contributed by atoms with Crippen LogP contribution in [-0.2, 0) is 21.8 Å². The second-order valence-corrected chi connectivity index (χ2v) is 12.5. The highest BCUT2D eigenvalue weighted by Gasteiger charge is 2.59. The van der Waals surface area contributed by atoms with Crippen LogP contribution in [0.25, 0.3) is 22.0 Å². The van der Waals surface area contributed by atoms with Crippen molar-refractivity contribution in [2.75, 3.05) is 11.0 Å². The number of hydrogen-bond acceptors (Lipinski definition) is 5. The molecule has 0 amide bonds. The van der Waals surface area contributed by atoms with Crippen molar-refractivity contribution >= 4 is 32.6 Å². The fraction of sp³-hybridized carbons (Fsp3) is 0.462. The first kappa shape index (κ1) is 19.9. The number of aromatic nitrogens is 2. The van der Waals surface area contributed by atoms with Gasteiger partial charge in [-0.2, -0.15) is 0 Å². The van der Waals surface area contributed by atoms with Crippen LogP contribution in [0.4, 0.5) is 5.69 Å². The van der Waals surface area contributed by atoms with Crippen LogP contribution in [-0.4, -0.2) is 41.4 Å². The Labute approximate surface area is 212 Å². The highest BCUT2D eigenvalue weighted by atomic mass is 32.2. The number of ether oxygens (including phenoxy) is 1. The Hall–Kier alpha value is -3.27. The average Bonchev–Trinajstić information content (AvgIpc) is 3.31. The van der Waals surface area contributed by atoms with Crippen molar-refractivity contribution in [2.24, 2.45) is 30.1 Å². The number of anilines is 1. The SMILES string of the molecule is [2H]C([2H])([2H])n1cc(-c2cc(NS(C)(=O)=O)ccc2OC2C3CC4CC2CC(C(=O)O)(C4)C3)c2cc[nH]c2c1=O. The molecule has 2 atom stereocenters. The van der Waals surface area contributed by atoms with Crippen molar-refractivity contribution in [1.82, 2.24) is 9.55 Å². The second-order valence-electron chi connectivity index (χ2n) is 10.7. The molecule has 3 N–H and O–H groups in total. The maximum atomic E-state index is 12.9. The molecule has 36 heavy (non-hydrogen) atoms. The molecule has 2 heterocycles. The predicted molar refractivity (Wildman–Crippen MR) is 135 cm³/mol. The highest BCUT2D eigenvalue weighted by Crippen LogP contribution is 2.61. The Kier molecular flexibility index (Phi) is 4.34. The van der Waals surface area contributed by atoms with Crippen molar-refractivity contribution < 1.29 is 27.2 Å². The summed E-state index contributed by atoms with van der Waals surface area (Å²) in [6.07, 6.45) is 7.21. The van der Waals surface area contributed by atoms with Crippen molar-refractivity contribution in [1.29, 1.82) is 0 Å². The molecular weight excluding hydrogens is 482 g/mol. The van der Waals surface area contributed by atoms with Crippen LogP contribution < -0.4 is 15.0 Å². The Morgan fingerprint density at radius 3 is 2.64 bits per heavy atom. The van der Waals surface area contributed by atoms with Crippen LogP contribution >= 0.6 is 0 Å². The molecule has 4 fully saturated rings. The molecule has 2 unspecified atom stereocenters. The van der Waals surface area contributed by atoms with Crippen LogP contribution in [0, 0.1) is 23.2 Å². The summed E-state index contributed by atoms with van der Waals surface area (Å²) in [6, 6.07) is 6.45. The normalized spacial score (nSPS) is 30.5. The molecule has 4 saturated carbocycles. The first-order valence-corrected chi connectivity index (χ1v) is 13.9. The molecule has 0 spiro atoms. The number of nitrogens with one attached hydrogen (secondary N) is 2. The number of nitrogens with zero attached hydrogens (tertiary/aromatic N) is 1. The Morgan fingerprint density at radius 1 is 1.22 bits per heavy atom. The molecule has 0 saturated heterocycles. The van der Waals surface area contributed by atoms with Crippen LogP contribution in [0.5, 0.6) is 5.75 Å². The zero-order valence-electron chi connectivity index (χ0n) is 22.7. The zero-order valence-corrected chi connectivity index (χ0v) is 20.5. The molecule has 7 rings (SSSR count). The van der Waals surface area contributed by atoms with Crippen LogP contribution in [0.15, 0.2) is 41.5 Å².